The van der Waals surface area contributed by atoms with Crippen molar-refractivity contribution in [3.63, 3.8) is 0 Å². The summed E-state index contributed by atoms with van der Waals surface area (Å²) in [6, 6.07) is 0.470. The highest BCUT2D eigenvalue weighted by atomic mass is 16.5. The predicted molar refractivity (Wildman–Crippen MR) is 86.7 cm³/mol. The first-order valence-corrected chi connectivity index (χ1v) is 8.15. The van der Waals surface area contributed by atoms with Gasteiger partial charge in [0.05, 0.1) is 6.61 Å². The van der Waals surface area contributed by atoms with Crippen molar-refractivity contribution in [2.45, 2.75) is 65.3 Å². The summed E-state index contributed by atoms with van der Waals surface area (Å²) in [7, 11) is 0. The minimum Gasteiger partial charge on any atom is -0.476 e. The molecule has 0 aromatic carbocycles. The fraction of sp³-hybridized carbons (Fsp3) is 0.750. The number of ether oxygens (including phenoxy) is 1. The van der Waals surface area contributed by atoms with Crippen LogP contribution in [0.5, 0.6) is 5.88 Å². The van der Waals surface area contributed by atoms with Gasteiger partial charge in [-0.05, 0) is 25.7 Å². The van der Waals surface area contributed by atoms with Gasteiger partial charge in [0.25, 0.3) is 0 Å². The maximum absolute atomic E-state index is 6.17. The van der Waals surface area contributed by atoms with Crippen molar-refractivity contribution >= 4 is 11.5 Å². The molecular weight excluding hydrogens is 264 g/mol. The number of anilines is 2. The Morgan fingerprint density at radius 1 is 1.24 bits per heavy atom. The third-order valence-electron chi connectivity index (χ3n) is 3.77. The summed E-state index contributed by atoms with van der Waals surface area (Å²) in [5.74, 6) is 2.57. The Morgan fingerprint density at radius 3 is 2.57 bits per heavy atom. The topological polar surface area (TPSA) is 73.1 Å². The van der Waals surface area contributed by atoms with E-state index in [9.17, 15) is 0 Å². The first kappa shape index (κ1) is 15.9. The molecule has 0 aliphatic heterocycles. The lowest BCUT2D eigenvalue weighted by molar-refractivity contribution is 0.326. The van der Waals surface area contributed by atoms with Crippen LogP contribution in [0.3, 0.4) is 0 Å². The van der Waals surface area contributed by atoms with Gasteiger partial charge in [0, 0.05) is 12.5 Å². The number of nitrogens with zero attached hydrogens (tertiary/aromatic N) is 2. The largest absolute Gasteiger partial charge is 0.476 e. The van der Waals surface area contributed by atoms with E-state index in [1.165, 1.54) is 32.1 Å². The van der Waals surface area contributed by atoms with Gasteiger partial charge in [-0.25, -0.2) is 4.98 Å². The summed E-state index contributed by atoms with van der Waals surface area (Å²) in [5, 5.41) is 3.51. The van der Waals surface area contributed by atoms with E-state index < -0.39 is 0 Å². The molecule has 1 aliphatic rings. The van der Waals surface area contributed by atoms with Gasteiger partial charge in [-0.15, -0.1) is 0 Å². The molecule has 0 spiro atoms. The van der Waals surface area contributed by atoms with Crippen LogP contribution >= 0.6 is 0 Å². The quantitative estimate of drug-likeness (QED) is 0.840. The van der Waals surface area contributed by atoms with Gasteiger partial charge in [-0.1, -0.05) is 33.1 Å². The molecule has 1 saturated carbocycles. The average Bonchev–Trinajstić information content (AvgIpc) is 2.44. The van der Waals surface area contributed by atoms with Crippen LogP contribution in [0.4, 0.5) is 11.5 Å². The number of nitrogen functional groups attached to an aromatic ring is 1. The number of nitrogens with one attached hydrogen (secondary N) is 1. The lowest BCUT2D eigenvalue weighted by Crippen LogP contribution is -2.24. The van der Waals surface area contributed by atoms with Crippen molar-refractivity contribution in [2.24, 2.45) is 5.92 Å². The van der Waals surface area contributed by atoms with Crippen LogP contribution < -0.4 is 15.8 Å². The standard InChI is InChI=1S/C16H28N4O/c1-4-21-16-14(17)15(18-12-8-6-5-7-9-12)19-13(20-16)10-11(2)3/h11-12H,4-10,17H2,1-3H3,(H,18,19,20). The van der Waals surface area contributed by atoms with E-state index in [-0.39, 0.29) is 0 Å². The van der Waals surface area contributed by atoms with Crippen molar-refractivity contribution in [1.29, 1.82) is 0 Å². The van der Waals surface area contributed by atoms with Crippen molar-refractivity contribution < 1.29 is 4.74 Å². The maximum Gasteiger partial charge on any atom is 0.242 e. The van der Waals surface area contributed by atoms with Crippen LogP contribution in [0.15, 0.2) is 0 Å². The zero-order valence-electron chi connectivity index (χ0n) is 13.5. The van der Waals surface area contributed by atoms with Crippen LogP contribution in [0.2, 0.25) is 0 Å². The SMILES string of the molecule is CCOc1nc(CC(C)C)nc(NC2CCCCC2)c1N. The lowest BCUT2D eigenvalue weighted by atomic mass is 9.95. The van der Waals surface area contributed by atoms with Gasteiger partial charge in [0.15, 0.2) is 5.82 Å². The molecule has 118 valence electrons. The molecule has 0 bridgehead atoms. The molecule has 1 aliphatic carbocycles. The Kier molecular flexibility index (Phi) is 5.65. The van der Waals surface area contributed by atoms with E-state index >= 15 is 0 Å². The molecule has 2 rings (SSSR count). The highest BCUT2D eigenvalue weighted by Crippen LogP contribution is 2.29. The Hall–Kier alpha value is -1.52. The molecule has 3 N–H and O–H groups in total. The number of nitrogens with two attached hydrogens (primary N) is 1. The fourth-order valence-electron chi connectivity index (χ4n) is 2.75. The summed E-state index contributed by atoms with van der Waals surface area (Å²) >= 11 is 0. The number of hydrogen-bond acceptors (Lipinski definition) is 5. The third kappa shape index (κ3) is 4.48. The lowest BCUT2D eigenvalue weighted by Gasteiger charge is -2.24. The summed E-state index contributed by atoms with van der Waals surface area (Å²) < 4.78 is 5.57. The van der Waals surface area contributed by atoms with Gasteiger partial charge in [0.2, 0.25) is 5.88 Å². The number of rotatable bonds is 6. The smallest absolute Gasteiger partial charge is 0.242 e. The number of hydrogen-bond donors (Lipinski definition) is 2. The monoisotopic (exact) mass is 292 g/mol. The Morgan fingerprint density at radius 2 is 1.95 bits per heavy atom. The Labute approximate surface area is 127 Å². The molecule has 1 fully saturated rings. The summed E-state index contributed by atoms with van der Waals surface area (Å²) in [5.41, 5.74) is 6.71. The van der Waals surface area contributed by atoms with Crippen LogP contribution in [0, 0.1) is 5.92 Å². The molecule has 5 heteroatoms. The second-order valence-electron chi connectivity index (χ2n) is 6.22. The van der Waals surface area contributed by atoms with Crippen LogP contribution in [-0.2, 0) is 6.42 Å². The van der Waals surface area contributed by atoms with Gasteiger partial charge in [-0.2, -0.15) is 4.98 Å². The third-order valence-corrected chi connectivity index (χ3v) is 3.77. The number of aromatic nitrogens is 2. The fourth-order valence-corrected chi connectivity index (χ4v) is 2.75. The van der Waals surface area contributed by atoms with Gasteiger partial charge in [0.1, 0.15) is 11.5 Å². The summed E-state index contributed by atoms with van der Waals surface area (Å²) in [6.45, 7) is 6.83. The molecule has 0 saturated heterocycles. The first-order valence-electron chi connectivity index (χ1n) is 8.15. The van der Waals surface area contributed by atoms with Gasteiger partial charge in [-0.3, -0.25) is 0 Å². The van der Waals surface area contributed by atoms with Gasteiger partial charge >= 0.3 is 0 Å². The molecule has 0 radical (unpaired) electrons. The molecular formula is C16H28N4O. The minimum atomic E-state index is 0.470. The van der Waals surface area contributed by atoms with E-state index in [2.05, 4.69) is 29.1 Å². The van der Waals surface area contributed by atoms with Crippen molar-refractivity contribution in [3.8, 4) is 5.88 Å². The molecule has 0 unspecified atom stereocenters. The summed E-state index contributed by atoms with van der Waals surface area (Å²) in [6.07, 6.45) is 7.10. The van der Waals surface area contributed by atoms with Crippen LogP contribution in [0.25, 0.3) is 0 Å². The minimum absolute atomic E-state index is 0.470. The normalized spacial score (nSPS) is 16.2. The van der Waals surface area contributed by atoms with E-state index in [0.717, 1.165) is 18.1 Å². The van der Waals surface area contributed by atoms with Gasteiger partial charge < -0.3 is 15.8 Å². The molecule has 21 heavy (non-hydrogen) atoms. The molecule has 1 heterocycles. The van der Waals surface area contributed by atoms with Crippen molar-refractivity contribution in [1.82, 2.24) is 9.97 Å². The molecule has 1 aromatic heterocycles. The Bertz CT molecular complexity index is 456. The maximum atomic E-state index is 6.17. The molecule has 1 aromatic rings. The van der Waals surface area contributed by atoms with E-state index in [0.29, 0.717) is 30.1 Å². The highest BCUT2D eigenvalue weighted by molar-refractivity contribution is 5.67. The Balaban J connectivity index is 2.21. The second kappa shape index (κ2) is 7.48. The zero-order chi connectivity index (χ0) is 15.2. The van der Waals surface area contributed by atoms with E-state index in [1.807, 2.05) is 6.92 Å². The summed E-state index contributed by atoms with van der Waals surface area (Å²) in [4.78, 5) is 9.08. The molecule has 0 atom stereocenters. The van der Waals surface area contributed by atoms with E-state index in [1.54, 1.807) is 0 Å². The molecule has 5 nitrogen and oxygen atoms in total. The average molecular weight is 292 g/mol. The van der Waals surface area contributed by atoms with E-state index in [4.69, 9.17) is 10.5 Å². The van der Waals surface area contributed by atoms with Crippen LogP contribution in [0.1, 0.15) is 58.7 Å². The predicted octanol–water partition coefficient (Wildman–Crippen LogP) is 3.40. The highest BCUT2D eigenvalue weighted by Gasteiger charge is 2.18. The van der Waals surface area contributed by atoms with Crippen LogP contribution in [-0.4, -0.2) is 22.6 Å². The first-order chi connectivity index (χ1) is 10.1. The van der Waals surface area contributed by atoms with Crippen molar-refractivity contribution in [2.75, 3.05) is 17.7 Å². The van der Waals surface area contributed by atoms with Crippen molar-refractivity contribution in [3.05, 3.63) is 5.82 Å². The molecule has 0 amide bonds. The second-order valence-corrected chi connectivity index (χ2v) is 6.22. The zero-order valence-corrected chi connectivity index (χ0v) is 13.5.